The van der Waals surface area contributed by atoms with Crippen molar-refractivity contribution < 1.29 is 19.1 Å². The van der Waals surface area contributed by atoms with Crippen LogP contribution in [0.25, 0.3) is 0 Å². The van der Waals surface area contributed by atoms with Crippen LogP contribution in [-0.2, 0) is 14.3 Å². The van der Waals surface area contributed by atoms with Crippen molar-refractivity contribution in [2.45, 2.75) is 13.8 Å². The molecule has 4 nitrogen and oxygen atoms in total. The molecule has 0 bridgehead atoms. The van der Waals surface area contributed by atoms with Crippen molar-refractivity contribution >= 4 is 11.9 Å². The van der Waals surface area contributed by atoms with Crippen LogP contribution in [0.2, 0.25) is 0 Å². The summed E-state index contributed by atoms with van der Waals surface area (Å²) in [7, 11) is 0. The molecule has 0 N–H and O–H groups in total. The van der Waals surface area contributed by atoms with Gasteiger partial charge in [-0.3, -0.25) is 0 Å². The zero-order valence-corrected chi connectivity index (χ0v) is 10.4. The molecular formula is C14H14O4. The lowest BCUT2D eigenvalue weighted by Crippen LogP contribution is -2.07. The lowest BCUT2D eigenvalue weighted by molar-refractivity contribution is -0.136. The summed E-state index contributed by atoms with van der Waals surface area (Å²) in [6.07, 6.45) is 0. The summed E-state index contributed by atoms with van der Waals surface area (Å²) < 4.78 is 9.58. The van der Waals surface area contributed by atoms with Gasteiger partial charge in [-0.15, -0.1) is 0 Å². The number of carbonyl (C=O) groups is 2. The number of hydrogen-bond acceptors (Lipinski definition) is 4. The van der Waals surface area contributed by atoms with E-state index in [0.29, 0.717) is 17.7 Å². The van der Waals surface area contributed by atoms with Crippen LogP contribution in [0.3, 0.4) is 0 Å². The highest BCUT2D eigenvalue weighted by Crippen LogP contribution is 2.08. The Bertz CT molecular complexity index is 494. The Morgan fingerprint density at radius 3 is 2.44 bits per heavy atom. The zero-order chi connectivity index (χ0) is 13.4. The number of rotatable bonds is 3. The molecule has 4 heteroatoms. The smallest absolute Gasteiger partial charge is 0.384 e. The summed E-state index contributed by atoms with van der Waals surface area (Å²) in [6.45, 7) is 3.99. The molecule has 0 spiro atoms. The summed E-state index contributed by atoms with van der Waals surface area (Å²) in [4.78, 5) is 22.7. The molecule has 0 aliphatic carbocycles. The van der Waals surface area contributed by atoms with Crippen LogP contribution in [0, 0.1) is 11.8 Å². The fourth-order valence-corrected chi connectivity index (χ4v) is 1.26. The number of hydrogen-bond donors (Lipinski definition) is 0. The van der Waals surface area contributed by atoms with Gasteiger partial charge >= 0.3 is 11.9 Å². The second-order valence-electron chi connectivity index (χ2n) is 3.24. The Morgan fingerprint density at radius 1 is 1.11 bits per heavy atom. The van der Waals surface area contributed by atoms with E-state index in [-0.39, 0.29) is 6.61 Å². The van der Waals surface area contributed by atoms with Crippen LogP contribution in [-0.4, -0.2) is 25.2 Å². The molecule has 0 radical (unpaired) electrons. The van der Waals surface area contributed by atoms with Crippen LogP contribution >= 0.6 is 0 Å². The SMILES string of the molecule is CCOC(=O)C#Cc1ccccc1C(=O)OCC. The molecule has 0 saturated carbocycles. The molecule has 0 fully saturated rings. The summed E-state index contributed by atoms with van der Waals surface area (Å²) in [5.74, 6) is 3.86. The van der Waals surface area contributed by atoms with Crippen molar-refractivity contribution in [3.63, 3.8) is 0 Å². The third kappa shape index (κ3) is 3.95. The molecule has 1 rings (SSSR count). The van der Waals surface area contributed by atoms with Gasteiger partial charge in [0.2, 0.25) is 0 Å². The van der Waals surface area contributed by atoms with Gasteiger partial charge in [-0.05, 0) is 26.0 Å². The van der Waals surface area contributed by atoms with Crippen LogP contribution in [0.5, 0.6) is 0 Å². The topological polar surface area (TPSA) is 52.6 Å². The molecule has 1 aromatic carbocycles. The second-order valence-corrected chi connectivity index (χ2v) is 3.24. The monoisotopic (exact) mass is 246 g/mol. The van der Waals surface area contributed by atoms with Crippen molar-refractivity contribution in [2.24, 2.45) is 0 Å². The highest BCUT2D eigenvalue weighted by molar-refractivity contribution is 5.94. The molecule has 0 heterocycles. The minimum Gasteiger partial charge on any atom is -0.462 e. The van der Waals surface area contributed by atoms with Gasteiger partial charge in [0, 0.05) is 11.5 Å². The van der Waals surface area contributed by atoms with Crippen molar-refractivity contribution in [2.75, 3.05) is 13.2 Å². The molecule has 0 aromatic heterocycles. The van der Waals surface area contributed by atoms with Crippen LogP contribution in [0.4, 0.5) is 0 Å². The van der Waals surface area contributed by atoms with E-state index in [1.54, 1.807) is 38.1 Å². The van der Waals surface area contributed by atoms with Gasteiger partial charge in [0.05, 0.1) is 18.8 Å². The molecule has 0 aliphatic heterocycles. The zero-order valence-electron chi connectivity index (χ0n) is 10.4. The summed E-state index contributed by atoms with van der Waals surface area (Å²) >= 11 is 0. The fourth-order valence-electron chi connectivity index (χ4n) is 1.26. The second kappa shape index (κ2) is 7.13. The van der Waals surface area contributed by atoms with Gasteiger partial charge in [-0.2, -0.15) is 0 Å². The standard InChI is InChI=1S/C14H14O4/c1-3-17-13(15)10-9-11-7-5-6-8-12(11)14(16)18-4-2/h5-8H,3-4H2,1-2H3. The van der Waals surface area contributed by atoms with E-state index < -0.39 is 11.9 Å². The fraction of sp³-hybridized carbons (Fsp3) is 0.286. The van der Waals surface area contributed by atoms with Gasteiger partial charge in [-0.1, -0.05) is 18.1 Å². The lowest BCUT2D eigenvalue weighted by atomic mass is 10.1. The molecule has 18 heavy (non-hydrogen) atoms. The maximum absolute atomic E-state index is 11.6. The van der Waals surface area contributed by atoms with Gasteiger partial charge in [0.1, 0.15) is 0 Å². The molecule has 1 aromatic rings. The number of esters is 2. The van der Waals surface area contributed by atoms with E-state index in [9.17, 15) is 9.59 Å². The van der Waals surface area contributed by atoms with Gasteiger partial charge in [0.15, 0.2) is 0 Å². The molecule has 0 amide bonds. The molecule has 0 aliphatic rings. The predicted molar refractivity (Wildman–Crippen MR) is 65.9 cm³/mol. The quantitative estimate of drug-likeness (QED) is 0.602. The summed E-state index contributed by atoms with van der Waals surface area (Å²) in [5.41, 5.74) is 0.792. The maximum Gasteiger partial charge on any atom is 0.384 e. The molecule has 0 unspecified atom stereocenters. The average Bonchev–Trinajstić information content (AvgIpc) is 2.37. The van der Waals surface area contributed by atoms with Gasteiger partial charge in [-0.25, -0.2) is 9.59 Å². The Hall–Kier alpha value is -2.28. The largest absolute Gasteiger partial charge is 0.462 e. The van der Waals surface area contributed by atoms with Gasteiger partial charge in [0.25, 0.3) is 0 Å². The minimum absolute atomic E-state index is 0.271. The first-order valence-electron chi connectivity index (χ1n) is 5.64. The van der Waals surface area contributed by atoms with E-state index in [2.05, 4.69) is 16.6 Å². The van der Waals surface area contributed by atoms with Crippen molar-refractivity contribution in [3.05, 3.63) is 35.4 Å². The van der Waals surface area contributed by atoms with Crippen LogP contribution in [0.1, 0.15) is 29.8 Å². The summed E-state index contributed by atoms with van der Waals surface area (Å²) in [6, 6.07) is 6.70. The molecule has 0 saturated heterocycles. The molecule has 94 valence electrons. The van der Waals surface area contributed by atoms with Crippen molar-refractivity contribution in [3.8, 4) is 11.8 Å². The van der Waals surface area contributed by atoms with E-state index in [0.717, 1.165) is 0 Å². The Labute approximate surface area is 106 Å². The van der Waals surface area contributed by atoms with E-state index in [1.807, 2.05) is 0 Å². The first-order chi connectivity index (χ1) is 8.69. The first kappa shape index (κ1) is 13.8. The maximum atomic E-state index is 11.6. The van der Waals surface area contributed by atoms with E-state index in [4.69, 9.17) is 4.74 Å². The highest BCUT2D eigenvalue weighted by Gasteiger charge is 2.10. The Kier molecular flexibility index (Phi) is 5.46. The average molecular weight is 246 g/mol. The normalized spacial score (nSPS) is 9.00. The Morgan fingerprint density at radius 2 is 1.78 bits per heavy atom. The predicted octanol–water partition coefficient (Wildman–Crippen LogP) is 1.78. The number of ether oxygens (including phenoxy) is 2. The minimum atomic E-state index is -0.615. The van der Waals surface area contributed by atoms with Crippen molar-refractivity contribution in [1.82, 2.24) is 0 Å². The number of benzene rings is 1. The van der Waals surface area contributed by atoms with E-state index in [1.165, 1.54) is 0 Å². The highest BCUT2D eigenvalue weighted by atomic mass is 16.5. The van der Waals surface area contributed by atoms with E-state index >= 15 is 0 Å². The molecule has 0 atom stereocenters. The van der Waals surface area contributed by atoms with Crippen molar-refractivity contribution in [1.29, 1.82) is 0 Å². The molecular weight excluding hydrogens is 232 g/mol. The third-order valence-electron chi connectivity index (χ3n) is 2.00. The third-order valence-corrected chi connectivity index (χ3v) is 2.00. The first-order valence-corrected chi connectivity index (χ1v) is 5.64. The van der Waals surface area contributed by atoms with Gasteiger partial charge < -0.3 is 9.47 Å². The Balaban J connectivity index is 2.95. The van der Waals surface area contributed by atoms with Crippen LogP contribution in [0.15, 0.2) is 24.3 Å². The summed E-state index contributed by atoms with van der Waals surface area (Å²) in [5, 5.41) is 0. The van der Waals surface area contributed by atoms with Crippen LogP contribution < -0.4 is 0 Å². The number of carbonyl (C=O) groups excluding carboxylic acids is 2. The lowest BCUT2D eigenvalue weighted by Gasteiger charge is -2.03.